The lowest BCUT2D eigenvalue weighted by Crippen LogP contribution is -2.29. The molecule has 0 saturated heterocycles. The van der Waals surface area contributed by atoms with Crippen LogP contribution in [-0.2, 0) is 10.0 Å². The zero-order chi connectivity index (χ0) is 21.9. The number of nitrogens with two attached hydrogens (primary N) is 1. The predicted molar refractivity (Wildman–Crippen MR) is 114 cm³/mol. The van der Waals surface area contributed by atoms with Gasteiger partial charge >= 0.3 is 0 Å². The van der Waals surface area contributed by atoms with E-state index in [0.717, 1.165) is 12.1 Å². The fourth-order valence-corrected chi connectivity index (χ4v) is 3.74. The highest BCUT2D eigenvalue weighted by Crippen LogP contribution is 2.22. The monoisotopic (exact) mass is 447 g/mol. The molecule has 1 atom stereocenters. The number of primary sulfonamides is 1. The Morgan fingerprint density at radius 2 is 1.93 bits per heavy atom. The van der Waals surface area contributed by atoms with E-state index in [9.17, 15) is 13.2 Å². The van der Waals surface area contributed by atoms with Crippen LogP contribution in [0.5, 0.6) is 0 Å². The van der Waals surface area contributed by atoms with Crippen LogP contribution in [0, 0.1) is 6.92 Å². The van der Waals surface area contributed by atoms with Gasteiger partial charge in [0.1, 0.15) is 4.90 Å². The molecular formula is C20H22ClN5O3S. The van der Waals surface area contributed by atoms with Crippen LogP contribution in [0.2, 0.25) is 5.02 Å². The van der Waals surface area contributed by atoms with Crippen molar-refractivity contribution in [2.24, 2.45) is 5.14 Å². The third-order valence-electron chi connectivity index (χ3n) is 4.67. The van der Waals surface area contributed by atoms with E-state index in [1.165, 1.54) is 24.7 Å². The standard InChI is InChI=1S/C20H22ClN5O3S/c1-3-4-19(14-9-17(11-23-10-14)30(22,28)29)25-20(27)18-12-24-26(13(18)2)16-7-5-15(21)6-8-16/h5-12,19H,3-4H2,1-2H3,(H,25,27)(H2,22,28,29). The number of hydrogen-bond acceptors (Lipinski definition) is 5. The molecule has 0 spiro atoms. The van der Waals surface area contributed by atoms with Gasteiger partial charge in [0.25, 0.3) is 5.91 Å². The maximum absolute atomic E-state index is 13.0. The first kappa shape index (κ1) is 21.9. The molecule has 30 heavy (non-hydrogen) atoms. The predicted octanol–water partition coefficient (Wildman–Crippen LogP) is 3.15. The molecule has 0 aliphatic rings. The van der Waals surface area contributed by atoms with E-state index in [4.69, 9.17) is 16.7 Å². The Hall–Kier alpha value is -2.75. The average Bonchev–Trinajstić information content (AvgIpc) is 3.09. The SMILES string of the molecule is CCCC(NC(=O)c1cnn(-c2ccc(Cl)cc2)c1C)c1cncc(S(N)(=O)=O)c1. The minimum atomic E-state index is -3.89. The molecule has 0 aliphatic heterocycles. The van der Waals surface area contributed by atoms with Crippen molar-refractivity contribution in [1.82, 2.24) is 20.1 Å². The Balaban J connectivity index is 1.87. The lowest BCUT2D eigenvalue weighted by Gasteiger charge is -2.19. The van der Waals surface area contributed by atoms with E-state index < -0.39 is 16.1 Å². The molecule has 1 unspecified atom stereocenters. The molecule has 0 saturated carbocycles. The van der Waals surface area contributed by atoms with Crippen LogP contribution in [0.25, 0.3) is 5.69 Å². The lowest BCUT2D eigenvalue weighted by atomic mass is 10.0. The molecule has 3 N–H and O–H groups in total. The Kier molecular flexibility index (Phi) is 6.55. The van der Waals surface area contributed by atoms with Crippen LogP contribution in [0.4, 0.5) is 0 Å². The summed E-state index contributed by atoms with van der Waals surface area (Å²) in [5, 5.41) is 13.1. The molecule has 1 amide bonds. The number of nitrogens with zero attached hydrogens (tertiary/aromatic N) is 3. The molecular weight excluding hydrogens is 426 g/mol. The van der Waals surface area contributed by atoms with Gasteiger partial charge in [-0.1, -0.05) is 24.9 Å². The van der Waals surface area contributed by atoms with E-state index in [2.05, 4.69) is 15.4 Å². The number of hydrogen-bond donors (Lipinski definition) is 2. The van der Waals surface area contributed by atoms with Crippen molar-refractivity contribution < 1.29 is 13.2 Å². The molecule has 0 aliphatic carbocycles. The van der Waals surface area contributed by atoms with E-state index in [0.29, 0.717) is 28.3 Å². The van der Waals surface area contributed by atoms with Crippen molar-refractivity contribution in [2.75, 3.05) is 0 Å². The van der Waals surface area contributed by atoms with Gasteiger partial charge in [-0.25, -0.2) is 18.2 Å². The maximum Gasteiger partial charge on any atom is 0.255 e. The Morgan fingerprint density at radius 1 is 1.23 bits per heavy atom. The number of benzene rings is 1. The van der Waals surface area contributed by atoms with Gasteiger partial charge < -0.3 is 5.32 Å². The highest BCUT2D eigenvalue weighted by molar-refractivity contribution is 7.89. The quantitative estimate of drug-likeness (QED) is 0.576. The third kappa shape index (κ3) is 4.86. The fourth-order valence-electron chi connectivity index (χ4n) is 3.10. The van der Waals surface area contributed by atoms with Crippen molar-refractivity contribution in [3.63, 3.8) is 0 Å². The second-order valence-corrected chi connectivity index (χ2v) is 8.84. The number of aromatic nitrogens is 3. The van der Waals surface area contributed by atoms with Gasteiger partial charge in [0.2, 0.25) is 10.0 Å². The largest absolute Gasteiger partial charge is 0.345 e. The van der Waals surface area contributed by atoms with Crippen molar-refractivity contribution in [2.45, 2.75) is 37.6 Å². The fraction of sp³-hybridized carbons (Fsp3) is 0.250. The number of amides is 1. The van der Waals surface area contributed by atoms with Crippen LogP contribution in [0.15, 0.2) is 53.8 Å². The van der Waals surface area contributed by atoms with Crippen molar-refractivity contribution in [3.8, 4) is 5.69 Å². The number of carbonyl (C=O) groups excluding carboxylic acids is 1. The Morgan fingerprint density at radius 3 is 2.57 bits per heavy atom. The summed E-state index contributed by atoms with van der Waals surface area (Å²) < 4.78 is 24.9. The maximum atomic E-state index is 13.0. The highest BCUT2D eigenvalue weighted by atomic mass is 35.5. The minimum absolute atomic E-state index is 0.0953. The number of rotatable bonds is 7. The first-order valence-corrected chi connectivity index (χ1v) is 11.2. The molecule has 0 radical (unpaired) electrons. The Bertz CT molecular complexity index is 1160. The number of pyridine rings is 1. The topological polar surface area (TPSA) is 120 Å². The van der Waals surface area contributed by atoms with Crippen molar-refractivity contribution in [1.29, 1.82) is 0 Å². The molecule has 0 bridgehead atoms. The minimum Gasteiger partial charge on any atom is -0.345 e. The summed E-state index contributed by atoms with van der Waals surface area (Å²) in [4.78, 5) is 16.8. The molecule has 10 heteroatoms. The average molecular weight is 448 g/mol. The summed E-state index contributed by atoms with van der Waals surface area (Å²) >= 11 is 5.93. The lowest BCUT2D eigenvalue weighted by molar-refractivity contribution is 0.0933. The Labute approximate surface area is 180 Å². The molecule has 2 aromatic heterocycles. The summed E-state index contributed by atoms with van der Waals surface area (Å²) in [5.74, 6) is -0.313. The van der Waals surface area contributed by atoms with Gasteiger partial charge in [0, 0.05) is 17.4 Å². The van der Waals surface area contributed by atoms with Crippen LogP contribution in [-0.4, -0.2) is 29.1 Å². The van der Waals surface area contributed by atoms with Crippen molar-refractivity contribution >= 4 is 27.5 Å². The molecule has 0 fully saturated rings. The van der Waals surface area contributed by atoms with Crippen LogP contribution < -0.4 is 10.5 Å². The number of sulfonamides is 1. The van der Waals surface area contributed by atoms with Crippen molar-refractivity contribution in [3.05, 3.63) is 70.8 Å². The third-order valence-corrected chi connectivity index (χ3v) is 5.81. The van der Waals surface area contributed by atoms with E-state index >= 15 is 0 Å². The number of carbonyl (C=O) groups is 1. The van der Waals surface area contributed by atoms with E-state index in [-0.39, 0.29) is 10.8 Å². The summed E-state index contributed by atoms with van der Waals surface area (Å²) in [7, 11) is -3.89. The molecule has 3 aromatic rings. The van der Waals surface area contributed by atoms with Gasteiger partial charge in [0.15, 0.2) is 0 Å². The summed E-state index contributed by atoms with van der Waals surface area (Å²) in [6.45, 7) is 3.77. The molecule has 158 valence electrons. The smallest absolute Gasteiger partial charge is 0.255 e. The second-order valence-electron chi connectivity index (χ2n) is 6.85. The van der Waals surface area contributed by atoms with Crippen LogP contribution >= 0.6 is 11.6 Å². The van der Waals surface area contributed by atoms with Gasteiger partial charge in [-0.15, -0.1) is 0 Å². The van der Waals surface area contributed by atoms with Crippen LogP contribution in [0.1, 0.15) is 47.4 Å². The number of nitrogens with one attached hydrogen (secondary N) is 1. The first-order valence-electron chi connectivity index (χ1n) is 9.30. The first-order chi connectivity index (χ1) is 14.2. The van der Waals surface area contributed by atoms with E-state index in [1.54, 1.807) is 23.7 Å². The molecule has 8 nitrogen and oxygen atoms in total. The molecule has 2 heterocycles. The molecule has 1 aromatic carbocycles. The van der Waals surface area contributed by atoms with E-state index in [1.807, 2.05) is 19.1 Å². The molecule has 3 rings (SSSR count). The van der Waals surface area contributed by atoms with Gasteiger partial charge in [-0.05, 0) is 49.2 Å². The number of halogens is 1. The van der Waals surface area contributed by atoms with Gasteiger partial charge in [0.05, 0.1) is 29.2 Å². The summed E-state index contributed by atoms with van der Waals surface area (Å²) in [6, 6.07) is 8.14. The van der Waals surface area contributed by atoms with Crippen LogP contribution in [0.3, 0.4) is 0 Å². The second kappa shape index (κ2) is 8.95. The zero-order valence-corrected chi connectivity index (χ0v) is 18.1. The zero-order valence-electron chi connectivity index (χ0n) is 16.5. The van der Waals surface area contributed by atoms with Gasteiger partial charge in [-0.3, -0.25) is 9.78 Å². The summed E-state index contributed by atoms with van der Waals surface area (Å²) in [6.07, 6.45) is 5.59. The normalized spacial score (nSPS) is 12.5. The highest BCUT2D eigenvalue weighted by Gasteiger charge is 2.21. The summed E-state index contributed by atoms with van der Waals surface area (Å²) in [5.41, 5.74) is 2.44. The van der Waals surface area contributed by atoms with Gasteiger partial charge in [-0.2, -0.15) is 5.10 Å².